The van der Waals surface area contributed by atoms with E-state index in [-0.39, 0.29) is 5.82 Å². The van der Waals surface area contributed by atoms with Crippen molar-refractivity contribution in [3.8, 4) is 6.07 Å². The molecule has 0 heterocycles. The first-order valence-corrected chi connectivity index (χ1v) is 5.68. The van der Waals surface area contributed by atoms with Crippen LogP contribution in [0.4, 0.5) is 4.39 Å². The minimum Gasteiger partial charge on any atom is -0.207 e. The van der Waals surface area contributed by atoms with Crippen LogP contribution in [0.5, 0.6) is 0 Å². The van der Waals surface area contributed by atoms with Gasteiger partial charge in [0, 0.05) is 4.47 Å². The van der Waals surface area contributed by atoms with E-state index < -0.39 is 5.41 Å². The van der Waals surface area contributed by atoms with Gasteiger partial charge in [0.15, 0.2) is 0 Å². The highest BCUT2D eigenvalue weighted by Crippen LogP contribution is 2.50. The quantitative estimate of drug-likeness (QED) is 0.760. The number of hydrogen-bond donors (Lipinski definition) is 0. The summed E-state index contributed by atoms with van der Waals surface area (Å²) in [6.45, 7) is 3.67. The molecular formula is C12H11BrFN. The van der Waals surface area contributed by atoms with Gasteiger partial charge in [-0.05, 0) is 49.4 Å². The molecule has 2 rings (SSSR count). The molecule has 0 N–H and O–H groups in total. The number of halogens is 2. The van der Waals surface area contributed by atoms with E-state index >= 15 is 0 Å². The van der Waals surface area contributed by atoms with Crippen LogP contribution in [0.2, 0.25) is 0 Å². The average molecular weight is 268 g/mol. The molecule has 78 valence electrons. The molecule has 0 unspecified atom stereocenters. The predicted molar refractivity (Wildman–Crippen MR) is 60.1 cm³/mol. The van der Waals surface area contributed by atoms with Crippen LogP contribution >= 0.6 is 15.9 Å². The van der Waals surface area contributed by atoms with Gasteiger partial charge in [-0.2, -0.15) is 5.26 Å². The fourth-order valence-corrected chi connectivity index (χ4v) is 2.31. The van der Waals surface area contributed by atoms with Gasteiger partial charge in [-0.3, -0.25) is 0 Å². The van der Waals surface area contributed by atoms with E-state index in [0.717, 1.165) is 28.4 Å². The van der Waals surface area contributed by atoms with Crippen molar-refractivity contribution in [1.82, 2.24) is 0 Å². The maximum Gasteiger partial charge on any atom is 0.127 e. The van der Waals surface area contributed by atoms with Crippen LogP contribution in [0, 0.1) is 31.0 Å². The molecule has 1 aromatic carbocycles. The van der Waals surface area contributed by atoms with E-state index in [1.165, 1.54) is 6.07 Å². The summed E-state index contributed by atoms with van der Waals surface area (Å²) < 4.78 is 14.4. The van der Waals surface area contributed by atoms with Crippen LogP contribution in [-0.4, -0.2) is 0 Å². The standard InChI is InChI=1S/C12H11BrFN/c1-7-9(12(6-15)3-4-12)5-10(14)8(2)11(7)13/h5H,3-4H2,1-2H3. The van der Waals surface area contributed by atoms with Crippen molar-refractivity contribution < 1.29 is 4.39 Å². The Kier molecular flexibility index (Phi) is 2.35. The van der Waals surface area contributed by atoms with Gasteiger partial charge in [0.05, 0.1) is 11.5 Å². The zero-order valence-corrected chi connectivity index (χ0v) is 10.3. The number of nitrogens with zero attached hydrogens (tertiary/aromatic N) is 1. The molecule has 1 aliphatic rings. The van der Waals surface area contributed by atoms with Crippen molar-refractivity contribution >= 4 is 15.9 Å². The summed E-state index contributed by atoms with van der Waals surface area (Å²) in [5, 5.41) is 9.10. The van der Waals surface area contributed by atoms with Crippen LogP contribution in [-0.2, 0) is 5.41 Å². The highest BCUT2D eigenvalue weighted by molar-refractivity contribution is 9.10. The minimum atomic E-state index is -0.416. The normalized spacial score (nSPS) is 17.3. The Morgan fingerprint density at radius 3 is 2.47 bits per heavy atom. The number of nitriles is 1. The molecule has 0 atom stereocenters. The summed E-state index contributed by atoms with van der Waals surface area (Å²) in [4.78, 5) is 0. The smallest absolute Gasteiger partial charge is 0.127 e. The second-order valence-electron chi connectivity index (χ2n) is 4.16. The van der Waals surface area contributed by atoms with Crippen molar-refractivity contribution in [3.05, 3.63) is 33.0 Å². The molecule has 1 saturated carbocycles. The number of hydrogen-bond acceptors (Lipinski definition) is 1. The van der Waals surface area contributed by atoms with E-state index in [1.54, 1.807) is 6.92 Å². The Morgan fingerprint density at radius 1 is 1.40 bits per heavy atom. The van der Waals surface area contributed by atoms with Crippen molar-refractivity contribution in [2.75, 3.05) is 0 Å². The fraction of sp³-hybridized carbons (Fsp3) is 0.417. The van der Waals surface area contributed by atoms with Gasteiger partial charge in [0.2, 0.25) is 0 Å². The monoisotopic (exact) mass is 267 g/mol. The first-order chi connectivity index (χ1) is 7.02. The molecule has 3 heteroatoms. The second kappa shape index (κ2) is 3.31. The van der Waals surface area contributed by atoms with E-state index in [1.807, 2.05) is 6.92 Å². The van der Waals surface area contributed by atoms with Gasteiger partial charge < -0.3 is 0 Å². The highest BCUT2D eigenvalue weighted by Gasteiger charge is 2.46. The molecule has 0 radical (unpaired) electrons. The lowest BCUT2D eigenvalue weighted by atomic mass is 9.92. The lowest BCUT2D eigenvalue weighted by Crippen LogP contribution is -2.07. The molecule has 0 spiro atoms. The molecule has 0 saturated heterocycles. The molecule has 1 aromatic rings. The molecule has 1 aliphatic carbocycles. The first-order valence-electron chi connectivity index (χ1n) is 4.89. The van der Waals surface area contributed by atoms with Crippen molar-refractivity contribution in [1.29, 1.82) is 5.26 Å². The van der Waals surface area contributed by atoms with Crippen molar-refractivity contribution in [2.24, 2.45) is 0 Å². The third-order valence-electron chi connectivity index (χ3n) is 3.17. The van der Waals surface area contributed by atoms with E-state index in [4.69, 9.17) is 5.26 Å². The highest BCUT2D eigenvalue weighted by atomic mass is 79.9. The van der Waals surface area contributed by atoms with Crippen LogP contribution < -0.4 is 0 Å². The lowest BCUT2D eigenvalue weighted by Gasteiger charge is -2.14. The van der Waals surface area contributed by atoms with Gasteiger partial charge >= 0.3 is 0 Å². The SMILES string of the molecule is Cc1c(F)cc(C2(C#N)CC2)c(C)c1Br. The topological polar surface area (TPSA) is 23.8 Å². The summed E-state index contributed by atoms with van der Waals surface area (Å²) in [5.41, 5.74) is 2.04. The summed E-state index contributed by atoms with van der Waals surface area (Å²) >= 11 is 3.38. The van der Waals surface area contributed by atoms with Crippen LogP contribution in [0.25, 0.3) is 0 Å². The average Bonchev–Trinajstić information content (AvgIpc) is 3.01. The van der Waals surface area contributed by atoms with Crippen molar-refractivity contribution in [3.63, 3.8) is 0 Å². The molecule has 0 aliphatic heterocycles. The van der Waals surface area contributed by atoms with Gasteiger partial charge in [-0.15, -0.1) is 0 Å². The molecule has 0 amide bonds. The zero-order valence-electron chi connectivity index (χ0n) is 8.69. The predicted octanol–water partition coefficient (Wildman–Crippen LogP) is 3.76. The Labute approximate surface area is 97.0 Å². The number of benzene rings is 1. The van der Waals surface area contributed by atoms with Crippen LogP contribution in [0.15, 0.2) is 10.5 Å². The lowest BCUT2D eigenvalue weighted by molar-refractivity contribution is 0.612. The molecule has 1 nitrogen and oxygen atoms in total. The molecule has 15 heavy (non-hydrogen) atoms. The van der Waals surface area contributed by atoms with Gasteiger partial charge in [-0.25, -0.2) is 4.39 Å². The van der Waals surface area contributed by atoms with Gasteiger partial charge in [-0.1, -0.05) is 15.9 Å². The van der Waals surface area contributed by atoms with E-state index in [2.05, 4.69) is 22.0 Å². The summed E-state index contributed by atoms with van der Waals surface area (Å²) in [6, 6.07) is 3.82. The Morgan fingerprint density at radius 2 is 2.00 bits per heavy atom. The fourth-order valence-electron chi connectivity index (χ4n) is 1.91. The van der Waals surface area contributed by atoms with Gasteiger partial charge in [0.25, 0.3) is 0 Å². The van der Waals surface area contributed by atoms with Crippen LogP contribution in [0.3, 0.4) is 0 Å². The zero-order chi connectivity index (χ0) is 11.2. The largest absolute Gasteiger partial charge is 0.207 e. The Balaban J connectivity index is 2.65. The Bertz CT molecular complexity index is 469. The maximum atomic E-state index is 13.6. The minimum absolute atomic E-state index is 0.232. The summed E-state index contributed by atoms with van der Waals surface area (Å²) in [7, 11) is 0. The van der Waals surface area contributed by atoms with Crippen molar-refractivity contribution in [2.45, 2.75) is 32.1 Å². The first kappa shape index (κ1) is 10.6. The van der Waals surface area contributed by atoms with Gasteiger partial charge in [0.1, 0.15) is 5.82 Å². The van der Waals surface area contributed by atoms with E-state index in [9.17, 15) is 4.39 Å². The molecule has 0 aromatic heterocycles. The number of rotatable bonds is 1. The molecule has 1 fully saturated rings. The second-order valence-corrected chi connectivity index (χ2v) is 4.96. The summed E-state index contributed by atoms with van der Waals surface area (Å²) in [6.07, 6.45) is 1.69. The Hall–Kier alpha value is -0.880. The molecular weight excluding hydrogens is 257 g/mol. The third kappa shape index (κ3) is 1.48. The molecule has 0 bridgehead atoms. The third-order valence-corrected chi connectivity index (χ3v) is 4.36. The van der Waals surface area contributed by atoms with Crippen LogP contribution in [0.1, 0.15) is 29.5 Å². The van der Waals surface area contributed by atoms with E-state index in [0.29, 0.717) is 5.56 Å². The summed E-state index contributed by atoms with van der Waals surface area (Å²) in [5.74, 6) is -0.232. The maximum absolute atomic E-state index is 13.6.